The molecule has 0 aliphatic carbocycles. The fraction of sp³-hybridized carbons (Fsp3) is 0.357. The summed E-state index contributed by atoms with van der Waals surface area (Å²) >= 11 is 0. The molecule has 0 bridgehead atoms. The Kier molecular flexibility index (Phi) is 3.14. The number of nitrogens with two attached hydrogens (primary N) is 1. The third-order valence-electron chi connectivity index (χ3n) is 3.57. The zero-order valence-electron chi connectivity index (χ0n) is 11.3. The highest BCUT2D eigenvalue weighted by Crippen LogP contribution is 2.21. The Hall–Kier alpha value is -2.37. The molecule has 1 saturated heterocycles. The third-order valence-corrected chi connectivity index (χ3v) is 3.57. The van der Waals surface area contributed by atoms with Crippen LogP contribution in [0.3, 0.4) is 0 Å². The van der Waals surface area contributed by atoms with Gasteiger partial charge >= 0.3 is 0 Å². The lowest BCUT2D eigenvalue weighted by Gasteiger charge is -2.30. The molecule has 6 nitrogen and oxygen atoms in total. The molecule has 2 heterocycles. The zero-order valence-corrected chi connectivity index (χ0v) is 11.3. The molecule has 0 spiro atoms. The van der Waals surface area contributed by atoms with Crippen molar-refractivity contribution < 1.29 is 4.79 Å². The van der Waals surface area contributed by atoms with E-state index in [-0.39, 0.29) is 11.9 Å². The van der Waals surface area contributed by atoms with Gasteiger partial charge in [-0.1, -0.05) is 12.1 Å². The second-order valence-corrected chi connectivity index (χ2v) is 5.10. The summed E-state index contributed by atoms with van der Waals surface area (Å²) < 4.78 is 0. The van der Waals surface area contributed by atoms with Crippen molar-refractivity contribution in [3.8, 4) is 0 Å². The summed E-state index contributed by atoms with van der Waals surface area (Å²) in [5.41, 5.74) is 7.54. The predicted molar refractivity (Wildman–Crippen MR) is 78.2 cm³/mol. The van der Waals surface area contributed by atoms with Gasteiger partial charge in [0, 0.05) is 26.1 Å². The number of rotatable bonds is 2. The van der Waals surface area contributed by atoms with Crippen molar-refractivity contribution in [1.82, 2.24) is 14.9 Å². The van der Waals surface area contributed by atoms with E-state index in [4.69, 9.17) is 5.73 Å². The maximum absolute atomic E-state index is 11.5. The Morgan fingerprint density at radius 1 is 1.30 bits per heavy atom. The minimum atomic E-state index is 0.162. The average molecular weight is 271 g/mol. The van der Waals surface area contributed by atoms with E-state index >= 15 is 0 Å². The third kappa shape index (κ3) is 2.36. The first kappa shape index (κ1) is 12.7. The lowest BCUT2D eigenvalue weighted by Crippen LogP contribution is -2.43. The largest absolute Gasteiger partial charge is 0.381 e. The Labute approximate surface area is 117 Å². The van der Waals surface area contributed by atoms with Crippen LogP contribution in [-0.2, 0) is 4.79 Å². The highest BCUT2D eigenvalue weighted by atomic mass is 16.2. The van der Waals surface area contributed by atoms with Crippen molar-refractivity contribution in [3.05, 3.63) is 24.3 Å². The Balaban J connectivity index is 1.83. The van der Waals surface area contributed by atoms with Gasteiger partial charge in [-0.25, -0.2) is 9.97 Å². The monoisotopic (exact) mass is 271 g/mol. The van der Waals surface area contributed by atoms with Gasteiger partial charge in [-0.05, 0) is 18.6 Å². The number of amides is 1. The molecule has 1 aliphatic heterocycles. The molecule has 1 atom stereocenters. The lowest BCUT2D eigenvalue weighted by atomic mass is 10.1. The molecule has 1 aromatic carbocycles. The van der Waals surface area contributed by atoms with Crippen LogP contribution in [0.15, 0.2) is 24.3 Å². The number of hydrogen-bond donors (Lipinski definition) is 2. The number of benzene rings is 1. The zero-order chi connectivity index (χ0) is 14.1. The first-order valence-electron chi connectivity index (χ1n) is 6.66. The molecule has 2 aromatic rings. The number of para-hydroxylation sites is 2. The molecule has 1 unspecified atom stereocenters. The number of piperidine rings is 1. The Morgan fingerprint density at radius 2 is 2.00 bits per heavy atom. The van der Waals surface area contributed by atoms with Gasteiger partial charge in [0.1, 0.15) is 0 Å². The van der Waals surface area contributed by atoms with E-state index in [0.29, 0.717) is 24.6 Å². The number of nitrogen functional groups attached to an aromatic ring is 1. The van der Waals surface area contributed by atoms with Crippen LogP contribution in [0.5, 0.6) is 0 Å². The van der Waals surface area contributed by atoms with Gasteiger partial charge in [0.2, 0.25) is 5.91 Å². The van der Waals surface area contributed by atoms with Crippen molar-refractivity contribution in [1.29, 1.82) is 0 Å². The molecule has 0 saturated carbocycles. The molecule has 3 N–H and O–H groups in total. The van der Waals surface area contributed by atoms with Gasteiger partial charge in [0.15, 0.2) is 11.6 Å². The number of likely N-dealkylation sites (N-methyl/N-ethyl adjacent to an activating group) is 1. The summed E-state index contributed by atoms with van der Waals surface area (Å²) in [7, 11) is 1.81. The fourth-order valence-electron chi connectivity index (χ4n) is 2.44. The molecule has 1 aromatic heterocycles. The highest BCUT2D eigenvalue weighted by molar-refractivity contribution is 5.80. The Morgan fingerprint density at radius 3 is 2.70 bits per heavy atom. The van der Waals surface area contributed by atoms with Crippen LogP contribution >= 0.6 is 0 Å². The predicted octanol–water partition coefficient (Wildman–Crippen LogP) is 1.24. The van der Waals surface area contributed by atoms with Crippen LogP contribution < -0.4 is 11.1 Å². The van der Waals surface area contributed by atoms with Gasteiger partial charge in [-0.2, -0.15) is 0 Å². The SMILES string of the molecule is CN1CC(Nc2nc3ccccc3nc2N)CCC1=O. The maximum atomic E-state index is 11.5. The van der Waals surface area contributed by atoms with Crippen molar-refractivity contribution in [2.24, 2.45) is 0 Å². The molecule has 1 amide bonds. The number of likely N-dealkylation sites (tertiary alicyclic amines) is 1. The van der Waals surface area contributed by atoms with E-state index in [1.165, 1.54) is 0 Å². The van der Waals surface area contributed by atoms with Crippen molar-refractivity contribution >= 4 is 28.6 Å². The van der Waals surface area contributed by atoms with Crippen molar-refractivity contribution in [2.45, 2.75) is 18.9 Å². The van der Waals surface area contributed by atoms with Crippen LogP contribution in [0.1, 0.15) is 12.8 Å². The van der Waals surface area contributed by atoms with Crippen molar-refractivity contribution in [3.63, 3.8) is 0 Å². The topological polar surface area (TPSA) is 84.1 Å². The molecule has 1 aliphatic rings. The quantitative estimate of drug-likeness (QED) is 0.858. The van der Waals surface area contributed by atoms with Gasteiger partial charge in [-0.3, -0.25) is 4.79 Å². The van der Waals surface area contributed by atoms with Crippen LogP contribution in [0.25, 0.3) is 11.0 Å². The Bertz CT molecular complexity index is 657. The second kappa shape index (κ2) is 4.96. The number of fused-ring (bicyclic) bond motifs is 1. The lowest BCUT2D eigenvalue weighted by molar-refractivity contribution is -0.132. The molecule has 3 rings (SSSR count). The highest BCUT2D eigenvalue weighted by Gasteiger charge is 2.23. The van der Waals surface area contributed by atoms with E-state index in [9.17, 15) is 4.79 Å². The van der Waals surface area contributed by atoms with Gasteiger partial charge in [-0.15, -0.1) is 0 Å². The molecular formula is C14H17N5O. The van der Waals surface area contributed by atoms with E-state index < -0.39 is 0 Å². The van der Waals surface area contributed by atoms with E-state index in [1.54, 1.807) is 4.90 Å². The number of carbonyl (C=O) groups excluding carboxylic acids is 1. The minimum absolute atomic E-state index is 0.162. The molecule has 6 heteroatoms. The summed E-state index contributed by atoms with van der Waals surface area (Å²) in [4.78, 5) is 22.1. The van der Waals surface area contributed by atoms with Crippen LogP contribution in [-0.4, -0.2) is 40.4 Å². The number of nitrogens with zero attached hydrogens (tertiary/aromatic N) is 3. The van der Waals surface area contributed by atoms with E-state index in [0.717, 1.165) is 17.5 Å². The maximum Gasteiger partial charge on any atom is 0.222 e. The summed E-state index contributed by atoms with van der Waals surface area (Å²) in [6, 6.07) is 7.78. The van der Waals surface area contributed by atoms with Gasteiger partial charge < -0.3 is 16.0 Å². The smallest absolute Gasteiger partial charge is 0.222 e. The first-order valence-corrected chi connectivity index (χ1v) is 6.66. The summed E-state index contributed by atoms with van der Waals surface area (Å²) in [5.74, 6) is 1.17. The summed E-state index contributed by atoms with van der Waals surface area (Å²) in [6.45, 7) is 0.660. The van der Waals surface area contributed by atoms with E-state index in [2.05, 4.69) is 15.3 Å². The molecule has 1 fully saturated rings. The van der Waals surface area contributed by atoms with Gasteiger partial charge in [0.05, 0.1) is 11.0 Å². The summed E-state index contributed by atoms with van der Waals surface area (Å²) in [5, 5.41) is 3.30. The molecular weight excluding hydrogens is 254 g/mol. The van der Waals surface area contributed by atoms with Crippen LogP contribution in [0, 0.1) is 0 Å². The number of aromatic nitrogens is 2. The van der Waals surface area contributed by atoms with E-state index in [1.807, 2.05) is 31.3 Å². The number of hydrogen-bond acceptors (Lipinski definition) is 5. The number of carbonyl (C=O) groups is 1. The van der Waals surface area contributed by atoms with Crippen LogP contribution in [0.4, 0.5) is 11.6 Å². The first-order chi connectivity index (χ1) is 9.63. The second-order valence-electron chi connectivity index (χ2n) is 5.10. The standard InChI is InChI=1S/C14H17N5O/c1-19-8-9(6-7-12(19)20)16-14-13(15)17-10-4-2-3-5-11(10)18-14/h2-5,9H,6-8H2,1H3,(H2,15,17)(H,16,18). The van der Waals surface area contributed by atoms with Crippen LogP contribution in [0.2, 0.25) is 0 Å². The van der Waals surface area contributed by atoms with Gasteiger partial charge in [0.25, 0.3) is 0 Å². The average Bonchev–Trinajstić information content (AvgIpc) is 2.44. The molecule has 104 valence electrons. The summed E-state index contributed by atoms with van der Waals surface area (Å²) in [6.07, 6.45) is 1.34. The molecule has 20 heavy (non-hydrogen) atoms. The minimum Gasteiger partial charge on any atom is -0.381 e. The number of nitrogens with one attached hydrogen (secondary N) is 1. The normalized spacial score (nSPS) is 19.4. The van der Waals surface area contributed by atoms with Crippen molar-refractivity contribution in [2.75, 3.05) is 24.6 Å². The number of anilines is 2. The molecule has 0 radical (unpaired) electrons. The fourth-order valence-corrected chi connectivity index (χ4v) is 2.44.